The number of fused-ring (bicyclic) bond motifs is 1. The fourth-order valence-corrected chi connectivity index (χ4v) is 6.35. The smallest absolute Gasteiger partial charge is 0.337 e. The summed E-state index contributed by atoms with van der Waals surface area (Å²) in [7, 11) is -4.17. The summed E-state index contributed by atoms with van der Waals surface area (Å²) in [6.07, 6.45) is 3.30. The average molecular weight is 588 g/mol. The van der Waals surface area contributed by atoms with Crippen LogP contribution in [0.4, 0.5) is 11.4 Å². The zero-order valence-electron chi connectivity index (χ0n) is 22.9. The van der Waals surface area contributed by atoms with Crippen molar-refractivity contribution < 1.29 is 27.9 Å². The van der Waals surface area contributed by atoms with E-state index in [4.69, 9.17) is 5.26 Å². The van der Waals surface area contributed by atoms with Crippen molar-refractivity contribution >= 4 is 39.2 Å². The first-order chi connectivity index (χ1) is 20.1. The third kappa shape index (κ3) is 6.70. The number of carboxylic acid groups (broad SMARTS) is 1. The van der Waals surface area contributed by atoms with E-state index >= 15 is 0 Å². The first kappa shape index (κ1) is 30.1. The molecule has 0 saturated carbocycles. The van der Waals surface area contributed by atoms with E-state index in [0.717, 1.165) is 24.5 Å². The molecule has 0 unspecified atom stereocenters. The molecular formula is C30H29N5O6S. The van der Waals surface area contributed by atoms with Gasteiger partial charge in [-0.1, -0.05) is 44.0 Å². The lowest BCUT2D eigenvalue weighted by Crippen LogP contribution is -2.30. The monoisotopic (exact) mass is 587 g/mol. The minimum atomic E-state index is -4.17. The van der Waals surface area contributed by atoms with Crippen molar-refractivity contribution in [1.82, 2.24) is 0 Å². The van der Waals surface area contributed by atoms with Gasteiger partial charge in [-0.25, -0.2) is 13.2 Å². The van der Waals surface area contributed by atoms with Crippen LogP contribution in [0.5, 0.6) is 0 Å². The number of benzene rings is 3. The van der Waals surface area contributed by atoms with Crippen LogP contribution in [0.2, 0.25) is 0 Å². The third-order valence-corrected chi connectivity index (χ3v) is 8.68. The van der Waals surface area contributed by atoms with Crippen LogP contribution in [0.25, 0.3) is 0 Å². The van der Waals surface area contributed by atoms with Gasteiger partial charge < -0.3 is 10.4 Å². The minimum absolute atomic E-state index is 0.0434. The molecule has 0 bridgehead atoms. The topological polar surface area (TPSA) is 169 Å². The molecule has 0 aliphatic carbocycles. The van der Waals surface area contributed by atoms with Crippen LogP contribution < -0.4 is 9.62 Å². The Labute approximate surface area is 243 Å². The van der Waals surface area contributed by atoms with E-state index in [1.807, 2.05) is 25.1 Å². The van der Waals surface area contributed by atoms with E-state index in [1.54, 1.807) is 12.1 Å². The molecule has 3 aromatic rings. The summed E-state index contributed by atoms with van der Waals surface area (Å²) in [5.41, 5.74) is 1.37. The number of sulfonamides is 1. The maximum Gasteiger partial charge on any atom is 0.337 e. The molecule has 0 atom stereocenters. The number of carbonyl (C=O) groups is 3. The predicted octanol–water partition coefficient (Wildman–Crippen LogP) is 5.32. The summed E-state index contributed by atoms with van der Waals surface area (Å²) in [5, 5.41) is 28.8. The summed E-state index contributed by atoms with van der Waals surface area (Å²) in [6, 6.07) is 16.8. The summed E-state index contributed by atoms with van der Waals surface area (Å²) < 4.78 is 29.2. The van der Waals surface area contributed by atoms with Crippen LogP contribution >= 0.6 is 0 Å². The van der Waals surface area contributed by atoms with E-state index < -0.39 is 27.8 Å². The van der Waals surface area contributed by atoms with Crippen molar-refractivity contribution in [1.29, 1.82) is 5.26 Å². The lowest BCUT2D eigenvalue weighted by molar-refractivity contribution is -0.118. The Kier molecular flexibility index (Phi) is 9.44. The number of unbranched alkanes of at least 4 members (excludes halogenated alkanes) is 2. The highest BCUT2D eigenvalue weighted by Gasteiger charge is 2.33. The molecule has 11 nitrogen and oxygen atoms in total. The average Bonchev–Trinajstić information content (AvgIpc) is 3.42. The maximum absolute atomic E-state index is 14.0. The number of hydrogen-bond donors (Lipinski definition) is 2. The molecule has 216 valence electrons. The second-order valence-corrected chi connectivity index (χ2v) is 11.5. The number of rotatable bonds is 11. The fraction of sp³-hybridized carbons (Fsp3) is 0.267. The molecule has 1 aliphatic heterocycles. The highest BCUT2D eigenvalue weighted by atomic mass is 32.2. The van der Waals surface area contributed by atoms with Gasteiger partial charge in [0.1, 0.15) is 0 Å². The predicted molar refractivity (Wildman–Crippen MR) is 155 cm³/mol. The molecule has 2 amide bonds. The third-order valence-electron chi connectivity index (χ3n) is 6.79. The van der Waals surface area contributed by atoms with Gasteiger partial charge in [0.25, 0.3) is 21.8 Å². The number of anilines is 2. The highest BCUT2D eigenvalue weighted by Crippen LogP contribution is 2.34. The normalized spacial score (nSPS) is 12.6. The SMILES string of the molecule is CCCCCC(=O)/N=N/Cc1ccc(C(=O)Nc2ccc(C#N)cc2C(=O)O)cc1S(=O)(=O)N1CCc2ccccc21. The van der Waals surface area contributed by atoms with Crippen molar-refractivity contribution in [2.75, 3.05) is 16.2 Å². The van der Waals surface area contributed by atoms with Crippen LogP contribution in [0.3, 0.4) is 0 Å². The first-order valence-electron chi connectivity index (χ1n) is 13.4. The molecule has 0 saturated heterocycles. The zero-order chi connectivity index (χ0) is 30.3. The first-order valence-corrected chi connectivity index (χ1v) is 14.8. The summed E-state index contributed by atoms with van der Waals surface area (Å²) in [6.45, 7) is 2.03. The molecule has 4 rings (SSSR count). The van der Waals surface area contributed by atoms with Crippen molar-refractivity contribution in [2.45, 2.75) is 50.5 Å². The van der Waals surface area contributed by atoms with Crippen LogP contribution in [0.15, 0.2) is 75.8 Å². The lowest BCUT2D eigenvalue weighted by Gasteiger charge is -2.21. The van der Waals surface area contributed by atoms with Crippen LogP contribution in [-0.2, 0) is 27.8 Å². The molecule has 1 heterocycles. The number of carboxylic acids is 1. The molecule has 1 aliphatic rings. The van der Waals surface area contributed by atoms with Crippen LogP contribution in [-0.4, -0.2) is 37.9 Å². The van der Waals surface area contributed by atoms with Gasteiger partial charge in [-0.2, -0.15) is 10.4 Å². The molecule has 0 spiro atoms. The van der Waals surface area contributed by atoms with E-state index in [0.29, 0.717) is 18.5 Å². The number of hydrogen-bond acceptors (Lipinski definition) is 7. The fourth-order valence-electron chi connectivity index (χ4n) is 4.60. The van der Waals surface area contributed by atoms with Crippen molar-refractivity contribution in [3.05, 3.63) is 88.5 Å². The van der Waals surface area contributed by atoms with Crippen molar-refractivity contribution in [3.8, 4) is 6.07 Å². The molecule has 0 radical (unpaired) electrons. The van der Waals surface area contributed by atoms with Crippen LogP contribution in [0, 0.1) is 11.3 Å². The molecular weight excluding hydrogens is 558 g/mol. The molecule has 42 heavy (non-hydrogen) atoms. The van der Waals surface area contributed by atoms with Gasteiger partial charge in [-0.15, -0.1) is 5.11 Å². The highest BCUT2D eigenvalue weighted by molar-refractivity contribution is 7.93. The summed E-state index contributed by atoms with van der Waals surface area (Å²) in [4.78, 5) is 36.8. The van der Waals surface area contributed by atoms with Crippen molar-refractivity contribution in [3.63, 3.8) is 0 Å². The second kappa shape index (κ2) is 13.2. The summed E-state index contributed by atoms with van der Waals surface area (Å²) >= 11 is 0. The molecule has 0 aromatic heterocycles. The number of amides is 2. The van der Waals surface area contributed by atoms with Gasteiger partial charge in [-0.05, 0) is 60.4 Å². The van der Waals surface area contributed by atoms with Gasteiger partial charge in [0, 0.05) is 18.5 Å². The van der Waals surface area contributed by atoms with Gasteiger partial charge in [0.15, 0.2) is 0 Å². The number of carbonyl (C=O) groups excluding carboxylic acids is 2. The van der Waals surface area contributed by atoms with E-state index in [2.05, 4.69) is 15.5 Å². The Hall–Kier alpha value is -4.89. The van der Waals surface area contributed by atoms with Gasteiger partial charge in [0.05, 0.1) is 40.0 Å². The number of nitriles is 1. The number of azo groups is 1. The molecule has 3 aromatic carbocycles. The van der Waals surface area contributed by atoms with Crippen LogP contribution in [0.1, 0.15) is 70.0 Å². The molecule has 12 heteroatoms. The summed E-state index contributed by atoms with van der Waals surface area (Å²) in [5.74, 6) is -2.49. The largest absolute Gasteiger partial charge is 0.478 e. The quantitative estimate of drug-likeness (QED) is 0.226. The number of nitrogens with zero attached hydrogens (tertiary/aromatic N) is 4. The number of aromatic carboxylic acids is 1. The lowest BCUT2D eigenvalue weighted by atomic mass is 10.1. The second-order valence-electron chi connectivity index (χ2n) is 9.66. The van der Waals surface area contributed by atoms with E-state index in [-0.39, 0.29) is 52.3 Å². The Bertz CT molecular complexity index is 1710. The van der Waals surface area contributed by atoms with Crippen molar-refractivity contribution in [2.24, 2.45) is 10.2 Å². The Balaban J connectivity index is 1.69. The number of para-hydroxylation sites is 1. The van der Waals surface area contributed by atoms with E-state index in [1.165, 1.54) is 34.6 Å². The molecule has 2 N–H and O–H groups in total. The Morgan fingerprint density at radius 2 is 1.86 bits per heavy atom. The van der Waals surface area contributed by atoms with Gasteiger partial charge >= 0.3 is 5.97 Å². The Morgan fingerprint density at radius 1 is 1.07 bits per heavy atom. The maximum atomic E-state index is 14.0. The standard InChI is InChI=1S/C30H29N5O6S/c1-2-3-4-9-28(36)34-32-19-23-12-11-22(29(37)33-25-13-10-20(18-31)16-24(25)30(38)39)17-27(23)42(40,41)35-15-14-21-7-5-6-8-26(21)35/h5-8,10-13,16-17H,2-4,9,14-15,19H2,1H3,(H,33,37)(H,38,39)/b34-32+. The Morgan fingerprint density at radius 3 is 2.60 bits per heavy atom. The number of nitrogens with one attached hydrogen (secondary N) is 1. The van der Waals surface area contributed by atoms with Gasteiger partial charge in [-0.3, -0.25) is 13.9 Å². The molecule has 0 fully saturated rings. The van der Waals surface area contributed by atoms with E-state index in [9.17, 15) is 27.9 Å². The van der Waals surface area contributed by atoms with Gasteiger partial charge in [0.2, 0.25) is 0 Å². The zero-order valence-corrected chi connectivity index (χ0v) is 23.7. The minimum Gasteiger partial charge on any atom is -0.478 e.